The first-order valence-corrected chi connectivity index (χ1v) is 10.1. The highest BCUT2D eigenvalue weighted by atomic mass is 35.5. The SMILES string of the molecule is Cc1[nH]n(C2CCS(=O)(=O)C2)c(=O)c1C=Nc1ccc(Cl)c(C(F)(F)F)c1. The van der Waals surface area contributed by atoms with Gasteiger partial charge < -0.3 is 0 Å². The highest BCUT2D eigenvalue weighted by Gasteiger charge is 2.33. The van der Waals surface area contributed by atoms with E-state index < -0.39 is 38.2 Å². The summed E-state index contributed by atoms with van der Waals surface area (Å²) in [6, 6.07) is 2.69. The van der Waals surface area contributed by atoms with Gasteiger partial charge in [0.25, 0.3) is 5.56 Å². The number of halogens is 4. The Labute approximate surface area is 157 Å². The van der Waals surface area contributed by atoms with E-state index in [4.69, 9.17) is 11.6 Å². The molecule has 1 aromatic heterocycles. The molecule has 0 spiro atoms. The number of aryl methyl sites for hydroxylation is 1. The number of hydrogen-bond acceptors (Lipinski definition) is 4. The molecular formula is C16H15ClF3N3O3S. The Morgan fingerprint density at radius 2 is 2.07 bits per heavy atom. The summed E-state index contributed by atoms with van der Waals surface area (Å²) in [6.07, 6.45) is -3.13. The molecular weight excluding hydrogens is 407 g/mol. The molecule has 1 aromatic carbocycles. The maximum Gasteiger partial charge on any atom is 0.417 e. The molecule has 27 heavy (non-hydrogen) atoms. The molecule has 0 bridgehead atoms. The predicted molar refractivity (Wildman–Crippen MR) is 95.8 cm³/mol. The van der Waals surface area contributed by atoms with Gasteiger partial charge in [0, 0.05) is 11.9 Å². The third kappa shape index (κ3) is 4.11. The fourth-order valence-electron chi connectivity index (χ4n) is 2.92. The van der Waals surface area contributed by atoms with Crippen molar-refractivity contribution in [1.29, 1.82) is 0 Å². The fraction of sp³-hybridized carbons (Fsp3) is 0.375. The number of nitrogens with zero attached hydrogens (tertiary/aromatic N) is 2. The van der Waals surface area contributed by atoms with Crippen LogP contribution in [0.25, 0.3) is 0 Å². The summed E-state index contributed by atoms with van der Waals surface area (Å²) in [6.45, 7) is 1.60. The maximum absolute atomic E-state index is 12.9. The van der Waals surface area contributed by atoms with Crippen molar-refractivity contribution in [3.05, 3.63) is 50.4 Å². The first-order valence-electron chi connectivity index (χ1n) is 7.90. The van der Waals surface area contributed by atoms with E-state index in [-0.39, 0.29) is 22.8 Å². The molecule has 1 aliphatic heterocycles. The summed E-state index contributed by atoms with van der Waals surface area (Å²) < 4.78 is 63.2. The second kappa shape index (κ2) is 6.83. The molecule has 6 nitrogen and oxygen atoms in total. The van der Waals surface area contributed by atoms with Gasteiger partial charge in [0.1, 0.15) is 0 Å². The maximum atomic E-state index is 12.9. The van der Waals surface area contributed by atoms with E-state index in [9.17, 15) is 26.4 Å². The molecule has 1 aliphatic rings. The normalized spacial score (nSPS) is 19.8. The lowest BCUT2D eigenvalue weighted by Gasteiger charge is -2.08. The minimum absolute atomic E-state index is 0.0105. The number of hydrogen-bond donors (Lipinski definition) is 1. The summed E-state index contributed by atoms with van der Waals surface area (Å²) in [4.78, 5) is 16.5. The quantitative estimate of drug-likeness (QED) is 0.772. The smallest absolute Gasteiger partial charge is 0.299 e. The topological polar surface area (TPSA) is 84.3 Å². The van der Waals surface area contributed by atoms with Crippen LogP contribution in [0.15, 0.2) is 28.0 Å². The first-order chi connectivity index (χ1) is 12.5. The molecule has 2 heterocycles. The second-order valence-electron chi connectivity index (χ2n) is 6.30. The van der Waals surface area contributed by atoms with Crippen molar-refractivity contribution in [2.24, 2.45) is 4.99 Å². The van der Waals surface area contributed by atoms with E-state index >= 15 is 0 Å². The van der Waals surface area contributed by atoms with Gasteiger partial charge in [-0.15, -0.1) is 0 Å². The monoisotopic (exact) mass is 421 g/mol. The van der Waals surface area contributed by atoms with Crippen LogP contribution in [0.1, 0.15) is 29.3 Å². The third-order valence-corrected chi connectivity index (χ3v) is 6.39. The standard InChI is InChI=1S/C16H15ClF3N3O3S/c1-9-12(15(24)23(22-9)11-4-5-27(25,26)8-11)7-21-10-2-3-14(17)13(6-10)16(18,19)20/h2-3,6-7,11,22H,4-5,8H2,1H3. The number of H-pyrrole nitrogens is 1. The van der Waals surface area contributed by atoms with Gasteiger partial charge in [0.05, 0.1) is 39.4 Å². The zero-order valence-electron chi connectivity index (χ0n) is 14.0. The number of nitrogens with one attached hydrogen (secondary N) is 1. The van der Waals surface area contributed by atoms with E-state index in [1.165, 1.54) is 10.7 Å². The lowest BCUT2D eigenvalue weighted by Crippen LogP contribution is -2.25. The number of aliphatic imine (C=N–C) groups is 1. The van der Waals surface area contributed by atoms with E-state index in [1.54, 1.807) is 6.92 Å². The van der Waals surface area contributed by atoms with Gasteiger partial charge in [0.15, 0.2) is 9.84 Å². The number of rotatable bonds is 3. The largest absolute Gasteiger partial charge is 0.417 e. The van der Waals surface area contributed by atoms with Gasteiger partial charge >= 0.3 is 6.18 Å². The van der Waals surface area contributed by atoms with Crippen LogP contribution in [0.3, 0.4) is 0 Å². The van der Waals surface area contributed by atoms with Crippen molar-refractivity contribution in [3.8, 4) is 0 Å². The van der Waals surface area contributed by atoms with Crippen molar-refractivity contribution in [1.82, 2.24) is 9.78 Å². The molecule has 1 N–H and O–H groups in total. The van der Waals surface area contributed by atoms with Crippen LogP contribution in [0.4, 0.5) is 18.9 Å². The Balaban J connectivity index is 1.92. The van der Waals surface area contributed by atoms with Crippen molar-refractivity contribution in [3.63, 3.8) is 0 Å². The molecule has 0 aliphatic carbocycles. The molecule has 1 fully saturated rings. The molecule has 1 saturated heterocycles. The van der Waals surface area contributed by atoms with Crippen LogP contribution >= 0.6 is 11.6 Å². The van der Waals surface area contributed by atoms with Crippen LogP contribution in [-0.4, -0.2) is 35.9 Å². The van der Waals surface area contributed by atoms with Crippen molar-refractivity contribution in [2.75, 3.05) is 11.5 Å². The van der Waals surface area contributed by atoms with Crippen LogP contribution in [-0.2, 0) is 16.0 Å². The highest BCUT2D eigenvalue weighted by Crippen LogP contribution is 2.36. The Bertz CT molecular complexity index is 1070. The number of alkyl halides is 3. The summed E-state index contributed by atoms with van der Waals surface area (Å²) in [5.41, 5.74) is -0.899. The van der Waals surface area contributed by atoms with Gasteiger partial charge in [-0.25, -0.2) is 13.1 Å². The number of aromatic nitrogens is 2. The van der Waals surface area contributed by atoms with Gasteiger partial charge in [-0.3, -0.25) is 14.9 Å². The number of aromatic amines is 1. The van der Waals surface area contributed by atoms with E-state index in [2.05, 4.69) is 10.1 Å². The second-order valence-corrected chi connectivity index (χ2v) is 8.94. The van der Waals surface area contributed by atoms with Crippen LogP contribution in [0.5, 0.6) is 0 Å². The number of sulfone groups is 1. The minimum atomic E-state index is -4.62. The lowest BCUT2D eigenvalue weighted by atomic mass is 10.2. The summed E-state index contributed by atoms with van der Waals surface area (Å²) in [5, 5.41) is 2.38. The first kappa shape index (κ1) is 19.7. The molecule has 1 atom stereocenters. The number of benzene rings is 1. The van der Waals surface area contributed by atoms with Gasteiger partial charge in [-0.1, -0.05) is 11.6 Å². The molecule has 0 saturated carbocycles. The Morgan fingerprint density at radius 3 is 2.67 bits per heavy atom. The van der Waals surface area contributed by atoms with Crippen LogP contribution in [0, 0.1) is 6.92 Å². The minimum Gasteiger partial charge on any atom is -0.299 e. The average Bonchev–Trinajstić information content (AvgIpc) is 3.05. The van der Waals surface area contributed by atoms with Crippen molar-refractivity contribution >= 4 is 33.3 Å². The molecule has 1 unspecified atom stereocenters. The summed E-state index contributed by atoms with van der Waals surface area (Å²) in [5.74, 6) is -0.119. The Morgan fingerprint density at radius 1 is 1.37 bits per heavy atom. The lowest BCUT2D eigenvalue weighted by molar-refractivity contribution is -0.137. The van der Waals surface area contributed by atoms with E-state index in [1.807, 2.05) is 0 Å². The van der Waals surface area contributed by atoms with Crippen LogP contribution in [0.2, 0.25) is 5.02 Å². The molecule has 146 valence electrons. The predicted octanol–water partition coefficient (Wildman–Crippen LogP) is 3.27. The van der Waals surface area contributed by atoms with Crippen molar-refractivity contribution in [2.45, 2.75) is 25.6 Å². The van der Waals surface area contributed by atoms with E-state index in [0.717, 1.165) is 18.3 Å². The summed E-state index contributed by atoms with van der Waals surface area (Å²) >= 11 is 5.57. The summed E-state index contributed by atoms with van der Waals surface area (Å²) in [7, 11) is -3.17. The van der Waals surface area contributed by atoms with E-state index in [0.29, 0.717) is 12.1 Å². The van der Waals surface area contributed by atoms with Crippen molar-refractivity contribution < 1.29 is 21.6 Å². The zero-order valence-corrected chi connectivity index (χ0v) is 15.6. The molecule has 2 aromatic rings. The third-order valence-electron chi connectivity index (χ3n) is 4.31. The Kier molecular flexibility index (Phi) is 4.98. The molecule has 0 amide bonds. The van der Waals surface area contributed by atoms with Gasteiger partial charge in [-0.05, 0) is 31.5 Å². The van der Waals surface area contributed by atoms with Gasteiger partial charge in [-0.2, -0.15) is 13.2 Å². The van der Waals surface area contributed by atoms with Crippen LogP contribution < -0.4 is 5.56 Å². The highest BCUT2D eigenvalue weighted by molar-refractivity contribution is 7.91. The Hall–Kier alpha value is -2.07. The molecule has 3 rings (SSSR count). The zero-order chi connectivity index (χ0) is 20.0. The van der Waals surface area contributed by atoms with Gasteiger partial charge in [0.2, 0.25) is 0 Å². The molecule has 0 radical (unpaired) electrons. The molecule has 11 heteroatoms. The average molecular weight is 422 g/mol. The fourth-order valence-corrected chi connectivity index (χ4v) is 4.84.